The normalized spacial score (nSPS) is 15.7. The van der Waals surface area contributed by atoms with Crippen molar-refractivity contribution in [1.29, 1.82) is 0 Å². The van der Waals surface area contributed by atoms with Gasteiger partial charge in [-0.1, -0.05) is 60.7 Å². The first-order valence-corrected chi connectivity index (χ1v) is 11.2. The number of hydrogen-bond donors (Lipinski definition) is 1. The molecular weight excluding hydrogens is 438 g/mol. The van der Waals surface area contributed by atoms with Gasteiger partial charge >= 0.3 is 11.9 Å². The number of piperazine rings is 1. The lowest BCUT2D eigenvalue weighted by molar-refractivity contribution is -0.158. The Bertz CT molecular complexity index is 983. The van der Waals surface area contributed by atoms with Gasteiger partial charge in [0, 0.05) is 19.5 Å². The summed E-state index contributed by atoms with van der Waals surface area (Å²) in [6.45, 7) is 0.156. The number of hydrogen-bond acceptors (Lipinski definition) is 7. The first kappa shape index (κ1) is 24.9. The molecule has 0 bridgehead atoms. The van der Waals surface area contributed by atoms with Crippen LogP contribution in [0.2, 0.25) is 0 Å². The van der Waals surface area contributed by atoms with Crippen LogP contribution in [0.25, 0.3) is 0 Å². The molecular formula is C25H29N3O6. The molecule has 1 fully saturated rings. The quantitative estimate of drug-likeness (QED) is 0.522. The molecule has 1 atom stereocenters. The van der Waals surface area contributed by atoms with E-state index in [4.69, 9.17) is 15.2 Å². The molecule has 3 rings (SSSR count). The van der Waals surface area contributed by atoms with Crippen molar-refractivity contribution in [1.82, 2.24) is 9.80 Å². The Kier molecular flexibility index (Phi) is 9.16. The molecule has 0 aromatic heterocycles. The van der Waals surface area contributed by atoms with E-state index in [1.165, 1.54) is 9.80 Å². The van der Waals surface area contributed by atoms with Crippen LogP contribution >= 0.6 is 0 Å². The van der Waals surface area contributed by atoms with Crippen LogP contribution in [0.5, 0.6) is 0 Å². The maximum atomic E-state index is 13.1. The number of esters is 2. The van der Waals surface area contributed by atoms with E-state index in [-0.39, 0.29) is 58.1 Å². The molecule has 9 heteroatoms. The Morgan fingerprint density at radius 3 is 1.97 bits per heavy atom. The minimum absolute atomic E-state index is 0.0517. The third-order valence-corrected chi connectivity index (χ3v) is 5.51. The first-order chi connectivity index (χ1) is 16.5. The second-order valence-corrected chi connectivity index (χ2v) is 7.90. The van der Waals surface area contributed by atoms with E-state index in [0.717, 1.165) is 11.1 Å². The van der Waals surface area contributed by atoms with Crippen molar-refractivity contribution in [2.45, 2.75) is 32.1 Å². The summed E-state index contributed by atoms with van der Waals surface area (Å²) in [7, 11) is 0. The predicted octanol–water partition coefficient (Wildman–Crippen LogP) is 1.25. The van der Waals surface area contributed by atoms with Gasteiger partial charge < -0.3 is 25.0 Å². The Labute approximate surface area is 198 Å². The van der Waals surface area contributed by atoms with E-state index in [1.807, 2.05) is 60.7 Å². The van der Waals surface area contributed by atoms with E-state index in [2.05, 4.69) is 0 Å². The highest BCUT2D eigenvalue weighted by Gasteiger charge is 2.38. The van der Waals surface area contributed by atoms with Gasteiger partial charge in [0.1, 0.15) is 25.8 Å². The molecule has 1 unspecified atom stereocenters. The fraction of sp³-hybridized carbons (Fsp3) is 0.360. The second kappa shape index (κ2) is 12.5. The standard InChI is InChI=1S/C25H29N3O6/c26-15-22(29)28-14-13-27(16-24(31)34-18-20-9-5-2-6-10-20)25(32)21(28)11-12-23(30)33-17-19-7-3-1-4-8-19/h1-10,21H,11-18,26H2. The molecule has 2 N–H and O–H groups in total. The molecule has 1 heterocycles. The molecule has 180 valence electrons. The van der Waals surface area contributed by atoms with Gasteiger partial charge in [-0.25, -0.2) is 0 Å². The monoisotopic (exact) mass is 467 g/mol. The lowest BCUT2D eigenvalue weighted by Gasteiger charge is -2.40. The summed E-state index contributed by atoms with van der Waals surface area (Å²) in [5.74, 6) is -1.82. The van der Waals surface area contributed by atoms with E-state index < -0.39 is 23.9 Å². The molecule has 2 amide bonds. The van der Waals surface area contributed by atoms with Gasteiger partial charge in [-0.3, -0.25) is 19.2 Å². The summed E-state index contributed by atoms with van der Waals surface area (Å²) in [6, 6.07) is 17.6. The van der Waals surface area contributed by atoms with Crippen molar-refractivity contribution in [3.8, 4) is 0 Å². The van der Waals surface area contributed by atoms with Gasteiger partial charge in [0.2, 0.25) is 11.8 Å². The highest BCUT2D eigenvalue weighted by molar-refractivity contribution is 5.91. The zero-order chi connectivity index (χ0) is 24.3. The van der Waals surface area contributed by atoms with Crippen LogP contribution in [0, 0.1) is 0 Å². The second-order valence-electron chi connectivity index (χ2n) is 7.90. The zero-order valence-electron chi connectivity index (χ0n) is 18.9. The maximum Gasteiger partial charge on any atom is 0.325 e. The number of nitrogens with two attached hydrogens (primary N) is 1. The lowest BCUT2D eigenvalue weighted by Crippen LogP contribution is -2.60. The summed E-state index contributed by atoms with van der Waals surface area (Å²) in [4.78, 5) is 52.7. The predicted molar refractivity (Wildman–Crippen MR) is 123 cm³/mol. The van der Waals surface area contributed by atoms with Gasteiger partial charge in [-0.15, -0.1) is 0 Å². The fourth-order valence-corrected chi connectivity index (χ4v) is 3.69. The van der Waals surface area contributed by atoms with Crippen LogP contribution in [0.1, 0.15) is 24.0 Å². The minimum atomic E-state index is -0.893. The highest BCUT2D eigenvalue weighted by atomic mass is 16.5. The van der Waals surface area contributed by atoms with Crippen LogP contribution in [0.4, 0.5) is 0 Å². The average Bonchev–Trinajstić information content (AvgIpc) is 2.87. The fourth-order valence-electron chi connectivity index (χ4n) is 3.69. The van der Waals surface area contributed by atoms with Crippen molar-refractivity contribution in [3.05, 3.63) is 71.8 Å². The third kappa shape index (κ3) is 7.14. The van der Waals surface area contributed by atoms with E-state index in [9.17, 15) is 19.2 Å². The van der Waals surface area contributed by atoms with Gasteiger partial charge in [-0.2, -0.15) is 0 Å². The lowest BCUT2D eigenvalue weighted by atomic mass is 10.0. The minimum Gasteiger partial charge on any atom is -0.461 e. The molecule has 34 heavy (non-hydrogen) atoms. The molecule has 1 aliphatic heterocycles. The molecule has 1 saturated heterocycles. The molecule has 0 aliphatic carbocycles. The van der Waals surface area contributed by atoms with Gasteiger partial charge in [0.25, 0.3) is 0 Å². The Hall–Kier alpha value is -3.72. The Morgan fingerprint density at radius 2 is 1.41 bits per heavy atom. The van der Waals surface area contributed by atoms with Crippen LogP contribution in [-0.4, -0.2) is 65.8 Å². The van der Waals surface area contributed by atoms with Crippen molar-refractivity contribution in [3.63, 3.8) is 0 Å². The molecule has 0 saturated carbocycles. The number of ether oxygens (including phenoxy) is 2. The van der Waals surface area contributed by atoms with Crippen molar-refractivity contribution in [2.75, 3.05) is 26.2 Å². The molecule has 2 aromatic carbocycles. The first-order valence-electron chi connectivity index (χ1n) is 11.2. The van der Waals surface area contributed by atoms with Crippen molar-refractivity contribution in [2.24, 2.45) is 5.73 Å². The average molecular weight is 468 g/mol. The SMILES string of the molecule is NCC(=O)N1CCN(CC(=O)OCc2ccccc2)C(=O)C1CCC(=O)OCc1ccccc1. The van der Waals surface area contributed by atoms with E-state index in [1.54, 1.807) is 0 Å². The van der Waals surface area contributed by atoms with Gasteiger partial charge in [0.05, 0.1) is 6.54 Å². The molecule has 9 nitrogen and oxygen atoms in total. The highest BCUT2D eigenvalue weighted by Crippen LogP contribution is 2.17. The van der Waals surface area contributed by atoms with Crippen LogP contribution in [0.15, 0.2) is 60.7 Å². The molecule has 1 aliphatic rings. The van der Waals surface area contributed by atoms with Crippen LogP contribution < -0.4 is 5.73 Å². The molecule has 0 radical (unpaired) electrons. The van der Waals surface area contributed by atoms with Gasteiger partial charge in [-0.05, 0) is 17.5 Å². The number of amides is 2. The smallest absolute Gasteiger partial charge is 0.325 e. The number of carbonyl (C=O) groups is 4. The van der Waals surface area contributed by atoms with Crippen molar-refractivity contribution < 1.29 is 28.7 Å². The number of rotatable bonds is 10. The summed E-state index contributed by atoms with van der Waals surface area (Å²) >= 11 is 0. The third-order valence-electron chi connectivity index (χ3n) is 5.51. The Morgan fingerprint density at radius 1 is 0.853 bits per heavy atom. The van der Waals surface area contributed by atoms with E-state index in [0.29, 0.717) is 0 Å². The number of nitrogens with zero attached hydrogens (tertiary/aromatic N) is 2. The summed E-state index contributed by atoms with van der Waals surface area (Å²) in [6.07, 6.45) is 0.0254. The summed E-state index contributed by atoms with van der Waals surface area (Å²) < 4.78 is 10.6. The maximum absolute atomic E-state index is 13.1. The topological polar surface area (TPSA) is 119 Å². The van der Waals surface area contributed by atoms with E-state index >= 15 is 0 Å². The number of benzene rings is 2. The molecule has 2 aromatic rings. The Balaban J connectivity index is 1.54. The van der Waals surface area contributed by atoms with Crippen LogP contribution in [-0.2, 0) is 41.9 Å². The summed E-state index contributed by atoms with van der Waals surface area (Å²) in [5.41, 5.74) is 7.20. The van der Waals surface area contributed by atoms with Crippen LogP contribution in [0.3, 0.4) is 0 Å². The molecule has 0 spiro atoms. The van der Waals surface area contributed by atoms with Gasteiger partial charge in [0.15, 0.2) is 0 Å². The zero-order valence-corrected chi connectivity index (χ0v) is 18.9. The van der Waals surface area contributed by atoms with Crippen molar-refractivity contribution >= 4 is 23.8 Å². The summed E-state index contributed by atoms with van der Waals surface area (Å²) in [5, 5.41) is 0. The largest absolute Gasteiger partial charge is 0.461 e. The number of carbonyl (C=O) groups excluding carboxylic acids is 4.